The molecule has 0 fully saturated rings. The maximum atomic E-state index is 5.44. The zero-order valence-corrected chi connectivity index (χ0v) is 16.1. The van der Waals surface area contributed by atoms with Crippen LogP contribution in [-0.4, -0.2) is 33.3 Å². The van der Waals surface area contributed by atoms with Gasteiger partial charge in [0.15, 0.2) is 11.5 Å². The molecular weight excluding hydrogens is 352 g/mol. The van der Waals surface area contributed by atoms with Gasteiger partial charge in [-0.3, -0.25) is 0 Å². The van der Waals surface area contributed by atoms with E-state index in [0.29, 0.717) is 17.2 Å². The third-order valence-corrected chi connectivity index (χ3v) is 4.18. The van der Waals surface area contributed by atoms with E-state index in [0.717, 1.165) is 22.4 Å². The lowest BCUT2D eigenvalue weighted by molar-refractivity contribution is 0.349. The van der Waals surface area contributed by atoms with Crippen LogP contribution < -0.4 is 14.2 Å². The number of rotatable bonds is 7. The highest BCUT2D eigenvalue weighted by Crippen LogP contribution is 2.33. The van der Waals surface area contributed by atoms with Crippen LogP contribution in [-0.2, 0) is 0 Å². The van der Waals surface area contributed by atoms with E-state index in [2.05, 4.69) is 10.2 Å². The standard InChI is InChI=1S/C23H22N2O3/c1-26-20-15-22(28-3)21(27-2)14-19(20)16-24-25-23(17-10-6-4-7-11-17)18-12-8-5-9-13-18/h4-16H,1-3H3/b24-16+. The van der Waals surface area contributed by atoms with Gasteiger partial charge in [-0.15, -0.1) is 5.10 Å². The number of ether oxygens (including phenoxy) is 3. The highest BCUT2D eigenvalue weighted by Gasteiger charge is 2.11. The van der Waals surface area contributed by atoms with E-state index in [1.165, 1.54) is 0 Å². The van der Waals surface area contributed by atoms with Gasteiger partial charge in [-0.05, 0) is 6.07 Å². The minimum Gasteiger partial charge on any atom is -0.496 e. The Balaban J connectivity index is 2.00. The molecule has 142 valence electrons. The molecule has 0 aliphatic carbocycles. The third-order valence-electron chi connectivity index (χ3n) is 4.18. The normalized spacial score (nSPS) is 10.5. The van der Waals surface area contributed by atoms with Gasteiger partial charge in [-0.2, -0.15) is 5.10 Å². The van der Waals surface area contributed by atoms with Gasteiger partial charge in [0.05, 0.1) is 27.5 Å². The number of benzene rings is 3. The highest BCUT2D eigenvalue weighted by atomic mass is 16.5. The van der Waals surface area contributed by atoms with E-state index in [4.69, 9.17) is 14.2 Å². The maximum absolute atomic E-state index is 5.44. The summed E-state index contributed by atoms with van der Waals surface area (Å²) in [6.45, 7) is 0. The van der Waals surface area contributed by atoms with Crippen molar-refractivity contribution in [2.75, 3.05) is 21.3 Å². The molecule has 3 rings (SSSR count). The third kappa shape index (κ3) is 4.38. The molecule has 5 nitrogen and oxygen atoms in total. The molecule has 3 aromatic carbocycles. The van der Waals surface area contributed by atoms with Gasteiger partial charge in [0.1, 0.15) is 11.5 Å². The SMILES string of the molecule is COc1cc(OC)c(OC)cc1/C=N/N=C(c1ccccc1)c1ccccc1. The van der Waals surface area contributed by atoms with Crippen LogP contribution in [0.2, 0.25) is 0 Å². The Morgan fingerprint density at radius 2 is 1.18 bits per heavy atom. The zero-order chi connectivity index (χ0) is 19.8. The van der Waals surface area contributed by atoms with E-state index in [-0.39, 0.29) is 0 Å². The Labute approximate surface area is 164 Å². The Bertz CT molecular complexity index is 926. The molecule has 0 amide bonds. The van der Waals surface area contributed by atoms with Gasteiger partial charge in [0.25, 0.3) is 0 Å². The van der Waals surface area contributed by atoms with Crippen molar-refractivity contribution in [2.45, 2.75) is 0 Å². The predicted octanol–water partition coefficient (Wildman–Crippen LogP) is 4.58. The van der Waals surface area contributed by atoms with Crippen LogP contribution in [0, 0.1) is 0 Å². The Morgan fingerprint density at radius 1 is 0.679 bits per heavy atom. The lowest BCUT2D eigenvalue weighted by Crippen LogP contribution is -2.02. The first-order valence-electron chi connectivity index (χ1n) is 8.78. The van der Waals surface area contributed by atoms with Crippen molar-refractivity contribution in [3.8, 4) is 17.2 Å². The summed E-state index contributed by atoms with van der Waals surface area (Å²) in [5, 5.41) is 8.81. The number of hydrogen-bond acceptors (Lipinski definition) is 5. The Kier molecular flexibility index (Phi) is 6.41. The van der Waals surface area contributed by atoms with Crippen LogP contribution in [0.15, 0.2) is 83.0 Å². The first kappa shape index (κ1) is 19.2. The predicted molar refractivity (Wildman–Crippen MR) is 112 cm³/mol. The average molecular weight is 374 g/mol. The first-order valence-corrected chi connectivity index (χ1v) is 8.78. The summed E-state index contributed by atoms with van der Waals surface area (Å²) in [6, 6.07) is 23.5. The molecule has 0 bridgehead atoms. The van der Waals surface area contributed by atoms with Gasteiger partial charge in [0, 0.05) is 22.8 Å². The summed E-state index contributed by atoms with van der Waals surface area (Å²) in [6.07, 6.45) is 1.65. The van der Waals surface area contributed by atoms with Crippen molar-refractivity contribution >= 4 is 11.9 Å². The fourth-order valence-electron chi connectivity index (χ4n) is 2.78. The van der Waals surface area contributed by atoms with Crippen molar-refractivity contribution in [3.63, 3.8) is 0 Å². The second-order valence-corrected chi connectivity index (χ2v) is 5.87. The molecule has 0 N–H and O–H groups in total. The smallest absolute Gasteiger partial charge is 0.164 e. The largest absolute Gasteiger partial charge is 0.496 e. The molecule has 0 unspecified atom stereocenters. The van der Waals surface area contributed by atoms with Crippen LogP contribution in [0.4, 0.5) is 0 Å². The summed E-state index contributed by atoms with van der Waals surface area (Å²) < 4.78 is 16.1. The van der Waals surface area contributed by atoms with E-state index < -0.39 is 0 Å². The lowest BCUT2D eigenvalue weighted by atomic mass is 10.0. The zero-order valence-electron chi connectivity index (χ0n) is 16.1. The van der Waals surface area contributed by atoms with Gasteiger partial charge >= 0.3 is 0 Å². The van der Waals surface area contributed by atoms with Crippen LogP contribution in [0.25, 0.3) is 0 Å². The van der Waals surface area contributed by atoms with Gasteiger partial charge in [-0.1, -0.05) is 60.7 Å². The first-order chi connectivity index (χ1) is 13.8. The minimum absolute atomic E-state index is 0.592. The Hall–Kier alpha value is -3.60. The molecule has 0 aliphatic rings. The molecule has 0 spiro atoms. The molecular formula is C23H22N2O3. The number of nitrogens with zero attached hydrogens (tertiary/aromatic N) is 2. The van der Waals surface area contributed by atoms with Crippen molar-refractivity contribution in [1.82, 2.24) is 0 Å². The topological polar surface area (TPSA) is 52.4 Å². The second-order valence-electron chi connectivity index (χ2n) is 5.87. The molecule has 28 heavy (non-hydrogen) atoms. The molecule has 0 aromatic heterocycles. The van der Waals surface area contributed by atoms with Gasteiger partial charge < -0.3 is 14.2 Å². The van der Waals surface area contributed by atoms with E-state index >= 15 is 0 Å². The average Bonchev–Trinajstić information content (AvgIpc) is 2.77. The second kappa shape index (κ2) is 9.37. The molecule has 5 heteroatoms. The van der Waals surface area contributed by atoms with Crippen molar-refractivity contribution in [2.24, 2.45) is 10.2 Å². The number of hydrogen-bond donors (Lipinski definition) is 0. The quantitative estimate of drug-likeness (QED) is 0.449. The summed E-state index contributed by atoms with van der Waals surface area (Å²) >= 11 is 0. The Morgan fingerprint density at radius 3 is 1.68 bits per heavy atom. The molecule has 0 radical (unpaired) electrons. The van der Waals surface area contributed by atoms with E-state index in [1.54, 1.807) is 39.7 Å². The van der Waals surface area contributed by atoms with E-state index in [9.17, 15) is 0 Å². The fraction of sp³-hybridized carbons (Fsp3) is 0.130. The molecule has 0 aliphatic heterocycles. The lowest BCUT2D eigenvalue weighted by Gasteiger charge is -2.11. The van der Waals surface area contributed by atoms with Crippen LogP contribution >= 0.6 is 0 Å². The van der Waals surface area contributed by atoms with Crippen LogP contribution in [0.3, 0.4) is 0 Å². The molecule has 0 atom stereocenters. The van der Waals surface area contributed by atoms with Gasteiger partial charge in [0.2, 0.25) is 0 Å². The van der Waals surface area contributed by atoms with Crippen molar-refractivity contribution in [1.29, 1.82) is 0 Å². The van der Waals surface area contributed by atoms with Gasteiger partial charge in [-0.25, -0.2) is 0 Å². The van der Waals surface area contributed by atoms with Crippen LogP contribution in [0.1, 0.15) is 16.7 Å². The summed E-state index contributed by atoms with van der Waals surface area (Å²) in [5.41, 5.74) is 3.51. The molecule has 0 heterocycles. The summed E-state index contributed by atoms with van der Waals surface area (Å²) in [4.78, 5) is 0. The summed E-state index contributed by atoms with van der Waals surface area (Å²) in [7, 11) is 4.77. The maximum Gasteiger partial charge on any atom is 0.164 e. The van der Waals surface area contributed by atoms with Crippen LogP contribution in [0.5, 0.6) is 17.2 Å². The van der Waals surface area contributed by atoms with Crippen molar-refractivity contribution < 1.29 is 14.2 Å². The number of methoxy groups -OCH3 is 3. The van der Waals surface area contributed by atoms with Crippen molar-refractivity contribution in [3.05, 3.63) is 89.5 Å². The summed E-state index contributed by atoms with van der Waals surface area (Å²) in [5.74, 6) is 1.81. The molecule has 0 saturated heterocycles. The molecule has 3 aromatic rings. The minimum atomic E-state index is 0.592. The highest BCUT2D eigenvalue weighted by molar-refractivity contribution is 6.13. The van der Waals surface area contributed by atoms with E-state index in [1.807, 2.05) is 60.7 Å². The molecule has 0 saturated carbocycles. The monoisotopic (exact) mass is 374 g/mol. The fourth-order valence-corrected chi connectivity index (χ4v) is 2.78.